The first kappa shape index (κ1) is 27.1. The molecule has 0 bridgehead atoms. The molecular weight excluding hydrogens is 490 g/mol. The average molecular weight is 522 g/mol. The summed E-state index contributed by atoms with van der Waals surface area (Å²) in [6.07, 6.45) is 1.50. The topological polar surface area (TPSA) is 87.7 Å². The van der Waals surface area contributed by atoms with Gasteiger partial charge in [-0.1, -0.05) is 54.6 Å². The molecule has 2 N–H and O–H groups in total. The van der Waals surface area contributed by atoms with Crippen molar-refractivity contribution >= 4 is 51.3 Å². The number of hydrogen-bond donors (Lipinski definition) is 2. The number of benzene rings is 4. The normalized spacial score (nSPS) is 11.1. The largest absolute Gasteiger partial charge is 0.462 e. The SMILES string of the molecule is CCNC(=O)N(c1ccccc1)c1ccc(NC(=O)/C=C(/C)c2ccc3ccccc3c2)c(C(=O)OCC)c1. The average Bonchev–Trinajstić information content (AvgIpc) is 2.94. The highest BCUT2D eigenvalue weighted by molar-refractivity contribution is 6.09. The Morgan fingerprint density at radius 2 is 1.54 bits per heavy atom. The van der Waals surface area contributed by atoms with Crippen LogP contribution < -0.4 is 15.5 Å². The summed E-state index contributed by atoms with van der Waals surface area (Å²) in [5.41, 5.74) is 3.21. The smallest absolute Gasteiger partial charge is 0.340 e. The molecule has 4 rings (SSSR count). The summed E-state index contributed by atoms with van der Waals surface area (Å²) in [6, 6.07) is 27.7. The van der Waals surface area contributed by atoms with Gasteiger partial charge in [0, 0.05) is 12.6 Å². The predicted octanol–water partition coefficient (Wildman–Crippen LogP) is 6.93. The van der Waals surface area contributed by atoms with Crippen LogP contribution in [0, 0.1) is 0 Å². The van der Waals surface area contributed by atoms with Gasteiger partial charge in [-0.15, -0.1) is 0 Å². The van der Waals surface area contributed by atoms with Gasteiger partial charge in [0.25, 0.3) is 0 Å². The molecule has 0 unspecified atom stereocenters. The molecule has 0 saturated carbocycles. The molecule has 0 heterocycles. The van der Waals surface area contributed by atoms with Gasteiger partial charge in [0.2, 0.25) is 5.91 Å². The molecule has 0 aliphatic carbocycles. The highest BCUT2D eigenvalue weighted by Gasteiger charge is 2.22. The molecule has 3 amide bonds. The zero-order valence-electron chi connectivity index (χ0n) is 22.2. The fourth-order valence-corrected chi connectivity index (χ4v) is 4.23. The molecule has 7 nitrogen and oxygen atoms in total. The zero-order chi connectivity index (χ0) is 27.8. The van der Waals surface area contributed by atoms with Crippen LogP contribution in [0.2, 0.25) is 0 Å². The molecule has 0 aliphatic rings. The van der Waals surface area contributed by atoms with Crippen molar-refractivity contribution in [2.45, 2.75) is 20.8 Å². The quantitative estimate of drug-likeness (QED) is 0.194. The van der Waals surface area contributed by atoms with Crippen molar-refractivity contribution in [3.05, 3.63) is 108 Å². The Kier molecular flexibility index (Phi) is 8.74. The van der Waals surface area contributed by atoms with Crippen LogP contribution in [-0.4, -0.2) is 31.1 Å². The van der Waals surface area contributed by atoms with Gasteiger partial charge in [-0.05, 0) is 79.1 Å². The fraction of sp³-hybridized carbons (Fsp3) is 0.156. The molecule has 0 aromatic heterocycles. The van der Waals surface area contributed by atoms with Crippen LogP contribution >= 0.6 is 0 Å². The van der Waals surface area contributed by atoms with Gasteiger partial charge in [0.15, 0.2) is 0 Å². The van der Waals surface area contributed by atoms with Gasteiger partial charge < -0.3 is 15.4 Å². The number of urea groups is 1. The van der Waals surface area contributed by atoms with Gasteiger partial charge in [0.05, 0.1) is 29.2 Å². The van der Waals surface area contributed by atoms with E-state index in [-0.39, 0.29) is 29.8 Å². The van der Waals surface area contributed by atoms with E-state index in [9.17, 15) is 14.4 Å². The number of allylic oxidation sites excluding steroid dienone is 1. The summed E-state index contributed by atoms with van der Waals surface area (Å²) in [5, 5.41) is 7.82. The number of esters is 1. The maximum Gasteiger partial charge on any atom is 0.340 e. The van der Waals surface area contributed by atoms with Crippen molar-refractivity contribution in [3.8, 4) is 0 Å². The van der Waals surface area contributed by atoms with E-state index in [0.717, 1.165) is 21.9 Å². The number of rotatable bonds is 8. The van der Waals surface area contributed by atoms with Crippen LogP contribution in [0.3, 0.4) is 0 Å². The van der Waals surface area contributed by atoms with Crippen molar-refractivity contribution in [2.24, 2.45) is 0 Å². The maximum absolute atomic E-state index is 13.0. The van der Waals surface area contributed by atoms with Crippen LogP contribution in [-0.2, 0) is 9.53 Å². The van der Waals surface area contributed by atoms with Crippen molar-refractivity contribution < 1.29 is 19.1 Å². The third kappa shape index (κ3) is 6.51. The predicted molar refractivity (Wildman–Crippen MR) is 156 cm³/mol. The Morgan fingerprint density at radius 3 is 2.26 bits per heavy atom. The standard InChI is InChI=1S/C32H31N3O4/c1-4-33-32(38)35(26-13-7-6-8-14-26)27-17-18-29(28(21-27)31(37)39-5-2)34-30(36)19-22(3)24-16-15-23-11-9-10-12-25(23)20-24/h6-21H,4-5H2,1-3H3,(H,33,38)(H,34,36)/b22-19-. The van der Waals surface area contributed by atoms with E-state index in [1.54, 1.807) is 37.3 Å². The molecule has 0 fully saturated rings. The summed E-state index contributed by atoms with van der Waals surface area (Å²) < 4.78 is 5.27. The van der Waals surface area contributed by atoms with Crippen LogP contribution in [0.4, 0.5) is 21.9 Å². The Labute approximate surface area is 228 Å². The van der Waals surface area contributed by atoms with Crippen molar-refractivity contribution in [1.82, 2.24) is 5.32 Å². The summed E-state index contributed by atoms with van der Waals surface area (Å²) in [5.74, 6) is -0.989. The number of carbonyl (C=O) groups is 3. The second-order valence-corrected chi connectivity index (χ2v) is 8.84. The number of ether oxygens (including phenoxy) is 1. The Hall–Kier alpha value is -4.91. The molecule has 198 valence electrons. The second kappa shape index (κ2) is 12.6. The van der Waals surface area contributed by atoms with Crippen molar-refractivity contribution in [3.63, 3.8) is 0 Å². The minimum absolute atomic E-state index is 0.143. The molecule has 39 heavy (non-hydrogen) atoms. The van der Waals surface area contributed by atoms with E-state index in [0.29, 0.717) is 17.9 Å². The lowest BCUT2D eigenvalue weighted by atomic mass is 10.0. The van der Waals surface area contributed by atoms with E-state index in [1.165, 1.54) is 11.0 Å². The minimum atomic E-state index is -0.603. The van der Waals surface area contributed by atoms with E-state index >= 15 is 0 Å². The summed E-state index contributed by atoms with van der Waals surface area (Å²) in [6.45, 7) is 6.00. The van der Waals surface area contributed by atoms with Crippen molar-refractivity contribution in [2.75, 3.05) is 23.4 Å². The first-order valence-corrected chi connectivity index (χ1v) is 12.8. The number of hydrogen-bond acceptors (Lipinski definition) is 4. The monoisotopic (exact) mass is 521 g/mol. The minimum Gasteiger partial charge on any atom is -0.462 e. The van der Waals surface area contributed by atoms with Crippen LogP contribution in [0.5, 0.6) is 0 Å². The summed E-state index contributed by atoms with van der Waals surface area (Å²) >= 11 is 0. The van der Waals surface area contributed by atoms with Gasteiger partial charge in [-0.3, -0.25) is 9.69 Å². The summed E-state index contributed by atoms with van der Waals surface area (Å²) in [4.78, 5) is 40.4. The fourth-order valence-electron chi connectivity index (χ4n) is 4.23. The van der Waals surface area contributed by atoms with Gasteiger partial charge in [0.1, 0.15) is 0 Å². The number of para-hydroxylation sites is 1. The highest BCUT2D eigenvalue weighted by atomic mass is 16.5. The Bertz CT molecular complexity index is 1530. The number of nitrogens with zero attached hydrogens (tertiary/aromatic N) is 1. The molecule has 7 heteroatoms. The summed E-state index contributed by atoms with van der Waals surface area (Å²) in [7, 11) is 0. The lowest BCUT2D eigenvalue weighted by molar-refractivity contribution is -0.111. The first-order valence-electron chi connectivity index (χ1n) is 12.8. The number of fused-ring (bicyclic) bond motifs is 1. The molecule has 4 aromatic carbocycles. The molecule has 0 spiro atoms. The molecule has 0 radical (unpaired) electrons. The number of carbonyl (C=O) groups excluding carboxylic acids is 3. The van der Waals surface area contributed by atoms with E-state index in [1.807, 2.05) is 74.5 Å². The maximum atomic E-state index is 13.0. The Morgan fingerprint density at radius 1 is 0.821 bits per heavy atom. The van der Waals surface area contributed by atoms with Crippen LogP contribution in [0.1, 0.15) is 36.7 Å². The van der Waals surface area contributed by atoms with Crippen molar-refractivity contribution in [1.29, 1.82) is 0 Å². The number of anilines is 3. The van der Waals surface area contributed by atoms with E-state index in [4.69, 9.17) is 4.74 Å². The first-order chi connectivity index (χ1) is 18.9. The lowest BCUT2D eigenvalue weighted by Gasteiger charge is -2.24. The van der Waals surface area contributed by atoms with Crippen LogP contribution in [0.25, 0.3) is 16.3 Å². The number of amides is 3. The lowest BCUT2D eigenvalue weighted by Crippen LogP contribution is -2.36. The molecule has 0 atom stereocenters. The zero-order valence-corrected chi connectivity index (χ0v) is 22.2. The molecular formula is C32H31N3O4. The van der Waals surface area contributed by atoms with Gasteiger partial charge in [-0.2, -0.15) is 0 Å². The van der Waals surface area contributed by atoms with Gasteiger partial charge in [-0.25, -0.2) is 9.59 Å². The third-order valence-electron chi connectivity index (χ3n) is 6.11. The Balaban J connectivity index is 1.66. The molecule has 0 aliphatic heterocycles. The van der Waals surface area contributed by atoms with E-state index in [2.05, 4.69) is 10.6 Å². The molecule has 4 aromatic rings. The van der Waals surface area contributed by atoms with Gasteiger partial charge >= 0.3 is 12.0 Å². The highest BCUT2D eigenvalue weighted by Crippen LogP contribution is 2.30. The second-order valence-electron chi connectivity index (χ2n) is 8.84. The number of nitrogens with one attached hydrogen (secondary N) is 2. The van der Waals surface area contributed by atoms with Crippen LogP contribution in [0.15, 0.2) is 97.1 Å². The third-order valence-corrected chi connectivity index (χ3v) is 6.11. The molecule has 0 saturated heterocycles. The van der Waals surface area contributed by atoms with E-state index < -0.39 is 5.97 Å².